The number of halogens is 2. The number of thioether (sulfide) groups is 1. The third-order valence-corrected chi connectivity index (χ3v) is 6.81. The topological polar surface area (TPSA) is 75.7 Å². The zero-order chi connectivity index (χ0) is 23.4. The Morgan fingerprint density at radius 2 is 1.78 bits per heavy atom. The number of nitrogens with zero attached hydrogens (tertiary/aromatic N) is 1. The summed E-state index contributed by atoms with van der Waals surface area (Å²) in [5.41, 5.74) is 3.40. The van der Waals surface area contributed by atoms with Gasteiger partial charge in [-0.05, 0) is 118 Å². The smallest absolute Gasteiger partial charge is 0.294 e. The molecule has 164 valence electrons. The lowest BCUT2D eigenvalue weighted by molar-refractivity contribution is -0.127. The predicted octanol–water partition coefficient (Wildman–Crippen LogP) is 5.20. The van der Waals surface area contributed by atoms with Gasteiger partial charge in [0.1, 0.15) is 18.9 Å². The molecule has 0 aliphatic carbocycles. The molecule has 0 bridgehead atoms. The molecule has 3 rings (SSSR count). The second kappa shape index (κ2) is 10.7. The molecule has 1 fully saturated rings. The van der Waals surface area contributed by atoms with Crippen molar-refractivity contribution < 1.29 is 19.1 Å². The molecule has 0 spiro atoms. The Morgan fingerprint density at radius 3 is 2.38 bits per heavy atom. The maximum atomic E-state index is 12.8. The highest BCUT2D eigenvalue weighted by Crippen LogP contribution is 2.34. The van der Waals surface area contributed by atoms with E-state index in [-0.39, 0.29) is 18.1 Å². The minimum absolute atomic E-state index is 0.161. The molecule has 1 saturated heterocycles. The zero-order valence-corrected chi connectivity index (χ0v) is 22.3. The van der Waals surface area contributed by atoms with Crippen molar-refractivity contribution in [2.75, 3.05) is 18.5 Å². The number of rotatable bonds is 6. The van der Waals surface area contributed by atoms with Gasteiger partial charge in [0, 0.05) is 5.69 Å². The third kappa shape index (κ3) is 6.05. The maximum absolute atomic E-state index is 12.8. The van der Waals surface area contributed by atoms with Gasteiger partial charge in [-0.3, -0.25) is 19.3 Å². The Morgan fingerprint density at radius 1 is 1.16 bits per heavy atom. The number of aryl methyl sites for hydroxylation is 2. The van der Waals surface area contributed by atoms with Crippen molar-refractivity contribution in [3.63, 3.8) is 0 Å². The Kier molecular flexibility index (Phi) is 8.24. The van der Waals surface area contributed by atoms with Gasteiger partial charge in [-0.2, -0.15) is 0 Å². The number of nitrogens with one attached hydrogen (secondary N) is 1. The Balaban J connectivity index is 1.73. The molecule has 3 amide bonds. The third-order valence-electron chi connectivity index (χ3n) is 4.30. The molecule has 2 aromatic carbocycles. The van der Waals surface area contributed by atoms with Crippen LogP contribution in [0.2, 0.25) is 0 Å². The Hall–Kier alpha value is -2.04. The van der Waals surface area contributed by atoms with Crippen LogP contribution in [0.4, 0.5) is 10.5 Å². The van der Waals surface area contributed by atoms with Crippen molar-refractivity contribution in [2.24, 2.45) is 0 Å². The fraction of sp³-hybridized carbons (Fsp3) is 0.174. The lowest BCUT2D eigenvalue weighted by Gasteiger charge is -2.13. The maximum Gasteiger partial charge on any atom is 0.294 e. The summed E-state index contributed by atoms with van der Waals surface area (Å²) in [6.07, 6.45) is 6.89. The molecule has 2 aromatic rings. The van der Waals surface area contributed by atoms with Crippen LogP contribution in [-0.2, 0) is 9.59 Å². The number of ether oxygens (including phenoxy) is 1. The molecule has 1 aliphatic heterocycles. The van der Waals surface area contributed by atoms with E-state index in [0.29, 0.717) is 11.4 Å². The van der Waals surface area contributed by atoms with E-state index in [1.807, 2.05) is 44.2 Å². The van der Waals surface area contributed by atoms with Crippen LogP contribution in [-0.4, -0.2) is 35.1 Å². The SMILES string of the molecule is C#CCOc1c(I)cc(/C=C2\SC(=O)N(CC(=O)Nc3cc(C)cc(C)c3)C2=O)cc1I. The summed E-state index contributed by atoms with van der Waals surface area (Å²) in [4.78, 5) is 38.8. The fourth-order valence-electron chi connectivity index (χ4n) is 3.09. The van der Waals surface area contributed by atoms with E-state index >= 15 is 0 Å². The van der Waals surface area contributed by atoms with Crippen LogP contribution in [0.3, 0.4) is 0 Å². The number of carbonyl (C=O) groups is 3. The van der Waals surface area contributed by atoms with Crippen molar-refractivity contribution >= 4 is 85.8 Å². The van der Waals surface area contributed by atoms with Crippen molar-refractivity contribution in [3.05, 3.63) is 59.1 Å². The van der Waals surface area contributed by atoms with E-state index in [2.05, 4.69) is 56.4 Å². The summed E-state index contributed by atoms with van der Waals surface area (Å²) >= 11 is 5.08. The minimum atomic E-state index is -0.492. The van der Waals surface area contributed by atoms with Gasteiger partial charge in [-0.15, -0.1) is 6.42 Å². The molecule has 1 aliphatic rings. The summed E-state index contributed by atoms with van der Waals surface area (Å²) in [7, 11) is 0. The van der Waals surface area contributed by atoms with E-state index in [1.54, 1.807) is 6.08 Å². The summed E-state index contributed by atoms with van der Waals surface area (Å²) < 4.78 is 7.23. The van der Waals surface area contributed by atoms with Gasteiger partial charge in [0.05, 0.1) is 12.0 Å². The predicted molar refractivity (Wildman–Crippen MR) is 143 cm³/mol. The molecular weight excluding hydrogens is 654 g/mol. The quantitative estimate of drug-likeness (QED) is 0.260. The molecule has 0 saturated carbocycles. The number of benzene rings is 2. The number of terminal acetylenes is 1. The van der Waals surface area contributed by atoms with E-state index in [1.165, 1.54) is 0 Å². The van der Waals surface area contributed by atoms with Gasteiger partial charge in [-0.25, -0.2) is 0 Å². The average molecular weight is 672 g/mol. The van der Waals surface area contributed by atoms with Crippen LogP contribution in [0.25, 0.3) is 6.08 Å². The zero-order valence-electron chi connectivity index (χ0n) is 17.2. The van der Waals surface area contributed by atoms with Gasteiger partial charge >= 0.3 is 0 Å². The normalized spacial score (nSPS) is 14.6. The van der Waals surface area contributed by atoms with Crippen molar-refractivity contribution in [2.45, 2.75) is 13.8 Å². The average Bonchev–Trinajstić information content (AvgIpc) is 2.94. The summed E-state index contributed by atoms with van der Waals surface area (Å²) in [6.45, 7) is 3.68. The Labute approximate surface area is 217 Å². The highest BCUT2D eigenvalue weighted by Gasteiger charge is 2.36. The van der Waals surface area contributed by atoms with Gasteiger partial charge in [0.15, 0.2) is 0 Å². The first-order valence-corrected chi connectivity index (χ1v) is 12.3. The highest BCUT2D eigenvalue weighted by molar-refractivity contribution is 14.1. The molecule has 0 atom stereocenters. The molecule has 0 aromatic heterocycles. The second-order valence-electron chi connectivity index (χ2n) is 7.00. The fourth-order valence-corrected chi connectivity index (χ4v) is 6.06. The van der Waals surface area contributed by atoms with Crippen molar-refractivity contribution in [3.8, 4) is 18.1 Å². The second-order valence-corrected chi connectivity index (χ2v) is 10.3. The van der Waals surface area contributed by atoms with Gasteiger partial charge < -0.3 is 10.1 Å². The van der Waals surface area contributed by atoms with E-state index < -0.39 is 17.1 Å². The lowest BCUT2D eigenvalue weighted by atomic mass is 10.1. The number of hydrogen-bond donors (Lipinski definition) is 1. The minimum Gasteiger partial charge on any atom is -0.479 e. The molecule has 9 heteroatoms. The molecular formula is C23H18I2N2O4S. The first kappa shape index (κ1) is 24.6. The molecule has 0 radical (unpaired) electrons. The Bertz CT molecular complexity index is 1140. The molecule has 1 heterocycles. The van der Waals surface area contributed by atoms with E-state index in [4.69, 9.17) is 11.2 Å². The van der Waals surface area contributed by atoms with E-state index in [9.17, 15) is 14.4 Å². The highest BCUT2D eigenvalue weighted by atomic mass is 127. The number of carbonyl (C=O) groups excluding carboxylic acids is 3. The first-order valence-electron chi connectivity index (χ1n) is 9.36. The van der Waals surface area contributed by atoms with Crippen LogP contribution in [0, 0.1) is 33.3 Å². The number of hydrogen-bond acceptors (Lipinski definition) is 5. The molecule has 32 heavy (non-hydrogen) atoms. The summed E-state index contributed by atoms with van der Waals surface area (Å²) in [6, 6.07) is 9.34. The molecule has 1 N–H and O–H groups in total. The summed E-state index contributed by atoms with van der Waals surface area (Å²) in [5, 5.41) is 2.27. The lowest BCUT2D eigenvalue weighted by Crippen LogP contribution is -2.36. The summed E-state index contributed by atoms with van der Waals surface area (Å²) in [5.74, 6) is 2.18. The van der Waals surface area contributed by atoms with Gasteiger partial charge in [-0.1, -0.05) is 12.0 Å². The van der Waals surface area contributed by atoms with Crippen LogP contribution >= 0.6 is 56.9 Å². The number of anilines is 1. The van der Waals surface area contributed by atoms with Gasteiger partial charge in [0.25, 0.3) is 11.1 Å². The first-order chi connectivity index (χ1) is 15.2. The molecule has 6 nitrogen and oxygen atoms in total. The van der Waals surface area contributed by atoms with Crippen LogP contribution in [0.5, 0.6) is 5.75 Å². The number of imide groups is 1. The monoisotopic (exact) mass is 672 g/mol. The van der Waals surface area contributed by atoms with Crippen LogP contribution in [0.1, 0.15) is 16.7 Å². The largest absolute Gasteiger partial charge is 0.479 e. The van der Waals surface area contributed by atoms with E-state index in [0.717, 1.165) is 40.5 Å². The van der Waals surface area contributed by atoms with Gasteiger partial charge in [0.2, 0.25) is 5.91 Å². The van der Waals surface area contributed by atoms with Crippen molar-refractivity contribution in [1.82, 2.24) is 4.90 Å². The standard InChI is InChI=1S/C23H18I2N2O4S/c1-4-5-31-21-17(24)9-15(10-18(21)25)11-19-22(29)27(23(30)32-19)12-20(28)26-16-7-13(2)6-14(3)8-16/h1,6-11H,5,12H2,2-3H3,(H,26,28)/b19-11-. The van der Waals surface area contributed by atoms with Crippen LogP contribution < -0.4 is 10.1 Å². The number of amides is 3. The van der Waals surface area contributed by atoms with Crippen LogP contribution in [0.15, 0.2) is 35.2 Å². The molecule has 0 unspecified atom stereocenters. The van der Waals surface area contributed by atoms with Crippen molar-refractivity contribution in [1.29, 1.82) is 0 Å².